The van der Waals surface area contributed by atoms with Crippen molar-refractivity contribution in [3.63, 3.8) is 0 Å². The fraction of sp³-hybridized carbons (Fsp3) is 0.917. The SMILES string of the molecule is CC1CCC(OC(=O)C(N)CCS(C)(=O)=O)CC1. The van der Waals surface area contributed by atoms with Crippen molar-refractivity contribution < 1.29 is 17.9 Å². The number of sulfone groups is 1. The van der Waals surface area contributed by atoms with Crippen LogP contribution in [-0.2, 0) is 19.4 Å². The van der Waals surface area contributed by atoms with Crippen molar-refractivity contribution in [1.29, 1.82) is 0 Å². The molecular weight excluding hydrogens is 254 g/mol. The molecule has 0 radical (unpaired) electrons. The molecule has 5 nitrogen and oxygen atoms in total. The molecule has 18 heavy (non-hydrogen) atoms. The summed E-state index contributed by atoms with van der Waals surface area (Å²) >= 11 is 0. The molecule has 0 spiro atoms. The van der Waals surface area contributed by atoms with Crippen molar-refractivity contribution >= 4 is 15.8 Å². The average Bonchev–Trinajstić information content (AvgIpc) is 2.28. The zero-order chi connectivity index (χ0) is 13.8. The third kappa shape index (κ3) is 5.82. The van der Waals surface area contributed by atoms with Crippen LogP contribution < -0.4 is 5.73 Å². The molecule has 1 atom stereocenters. The van der Waals surface area contributed by atoms with Gasteiger partial charge in [0.1, 0.15) is 22.0 Å². The summed E-state index contributed by atoms with van der Waals surface area (Å²) in [7, 11) is -3.08. The van der Waals surface area contributed by atoms with E-state index in [9.17, 15) is 13.2 Å². The number of hydrogen-bond acceptors (Lipinski definition) is 5. The van der Waals surface area contributed by atoms with E-state index in [1.165, 1.54) is 0 Å². The van der Waals surface area contributed by atoms with Crippen LogP contribution in [0.4, 0.5) is 0 Å². The number of ether oxygens (including phenoxy) is 1. The van der Waals surface area contributed by atoms with Crippen molar-refractivity contribution in [3.05, 3.63) is 0 Å². The fourth-order valence-corrected chi connectivity index (χ4v) is 2.74. The Kier molecular flexibility index (Phi) is 5.59. The Bertz CT molecular complexity index is 372. The van der Waals surface area contributed by atoms with Gasteiger partial charge >= 0.3 is 5.97 Å². The summed E-state index contributed by atoms with van der Waals surface area (Å²) in [5.41, 5.74) is 5.63. The highest BCUT2D eigenvalue weighted by Crippen LogP contribution is 2.25. The smallest absolute Gasteiger partial charge is 0.323 e. The van der Waals surface area contributed by atoms with E-state index in [4.69, 9.17) is 10.5 Å². The van der Waals surface area contributed by atoms with Crippen LogP contribution in [-0.4, -0.2) is 38.5 Å². The minimum Gasteiger partial charge on any atom is -0.461 e. The van der Waals surface area contributed by atoms with Gasteiger partial charge in [0, 0.05) is 6.26 Å². The zero-order valence-electron chi connectivity index (χ0n) is 11.1. The van der Waals surface area contributed by atoms with Gasteiger partial charge in [-0.2, -0.15) is 0 Å². The van der Waals surface area contributed by atoms with E-state index in [1.807, 2.05) is 0 Å². The third-order valence-electron chi connectivity index (χ3n) is 3.35. The van der Waals surface area contributed by atoms with Crippen LogP contribution in [0.25, 0.3) is 0 Å². The van der Waals surface area contributed by atoms with Crippen molar-refractivity contribution in [1.82, 2.24) is 0 Å². The Hall–Kier alpha value is -0.620. The maximum absolute atomic E-state index is 11.7. The molecule has 0 bridgehead atoms. The first-order valence-electron chi connectivity index (χ1n) is 6.41. The molecule has 1 fully saturated rings. The second-order valence-corrected chi connectivity index (χ2v) is 7.60. The molecule has 1 unspecified atom stereocenters. The van der Waals surface area contributed by atoms with Gasteiger partial charge < -0.3 is 10.5 Å². The number of rotatable bonds is 5. The predicted octanol–water partition coefficient (Wildman–Crippen LogP) is 0.870. The van der Waals surface area contributed by atoms with Gasteiger partial charge in [-0.15, -0.1) is 0 Å². The monoisotopic (exact) mass is 277 g/mol. The van der Waals surface area contributed by atoms with Gasteiger partial charge in [0.05, 0.1) is 5.75 Å². The molecule has 0 aromatic heterocycles. The summed E-state index contributed by atoms with van der Waals surface area (Å²) in [4.78, 5) is 11.7. The van der Waals surface area contributed by atoms with Gasteiger partial charge in [-0.25, -0.2) is 8.42 Å². The van der Waals surface area contributed by atoms with Gasteiger partial charge in [0.15, 0.2) is 0 Å². The van der Waals surface area contributed by atoms with E-state index in [0.717, 1.165) is 31.9 Å². The summed E-state index contributed by atoms with van der Waals surface area (Å²) in [6.45, 7) is 2.19. The lowest BCUT2D eigenvalue weighted by atomic mass is 9.89. The fourth-order valence-electron chi connectivity index (χ4n) is 2.06. The second kappa shape index (κ2) is 6.52. The van der Waals surface area contributed by atoms with E-state index < -0.39 is 21.8 Å². The highest BCUT2D eigenvalue weighted by atomic mass is 32.2. The van der Waals surface area contributed by atoms with Crippen molar-refractivity contribution in [2.45, 2.75) is 51.2 Å². The van der Waals surface area contributed by atoms with Crippen LogP contribution in [0.15, 0.2) is 0 Å². The molecule has 0 amide bonds. The number of nitrogens with two attached hydrogens (primary N) is 1. The topological polar surface area (TPSA) is 86.5 Å². The largest absolute Gasteiger partial charge is 0.461 e. The molecule has 0 aromatic carbocycles. The summed E-state index contributed by atoms with van der Waals surface area (Å²) in [5.74, 6) is 0.141. The second-order valence-electron chi connectivity index (χ2n) is 5.34. The molecule has 106 valence electrons. The van der Waals surface area contributed by atoms with Crippen LogP contribution >= 0.6 is 0 Å². The Morgan fingerprint density at radius 3 is 2.39 bits per heavy atom. The molecule has 1 saturated carbocycles. The lowest BCUT2D eigenvalue weighted by Gasteiger charge is -2.26. The van der Waals surface area contributed by atoms with Crippen LogP contribution in [0.2, 0.25) is 0 Å². The summed E-state index contributed by atoms with van der Waals surface area (Å²) < 4.78 is 27.3. The average molecular weight is 277 g/mol. The van der Waals surface area contributed by atoms with Crippen molar-refractivity contribution in [2.75, 3.05) is 12.0 Å². The van der Waals surface area contributed by atoms with Crippen LogP contribution in [0, 0.1) is 5.92 Å². The third-order valence-corrected chi connectivity index (χ3v) is 4.33. The Morgan fingerprint density at radius 1 is 1.33 bits per heavy atom. The summed E-state index contributed by atoms with van der Waals surface area (Å²) in [6, 6.07) is -0.834. The molecule has 0 heterocycles. The Balaban J connectivity index is 2.31. The molecule has 0 saturated heterocycles. The lowest BCUT2D eigenvalue weighted by molar-refractivity contribution is -0.152. The Morgan fingerprint density at radius 2 is 1.89 bits per heavy atom. The van der Waals surface area contributed by atoms with E-state index in [-0.39, 0.29) is 18.3 Å². The molecule has 0 aromatic rings. The number of carbonyl (C=O) groups is 1. The summed E-state index contributed by atoms with van der Waals surface area (Å²) in [5, 5.41) is 0. The molecule has 0 aliphatic heterocycles. The van der Waals surface area contributed by atoms with Gasteiger partial charge in [0.25, 0.3) is 0 Å². The number of carbonyl (C=O) groups excluding carboxylic acids is 1. The van der Waals surface area contributed by atoms with Gasteiger partial charge in [-0.05, 0) is 38.0 Å². The summed E-state index contributed by atoms with van der Waals surface area (Å²) in [6.07, 6.45) is 5.11. The van der Waals surface area contributed by atoms with E-state index in [0.29, 0.717) is 5.92 Å². The number of esters is 1. The van der Waals surface area contributed by atoms with Gasteiger partial charge in [-0.3, -0.25) is 4.79 Å². The first-order chi connectivity index (χ1) is 8.28. The first kappa shape index (κ1) is 15.4. The van der Waals surface area contributed by atoms with Gasteiger partial charge in [0.2, 0.25) is 0 Å². The molecule has 1 rings (SSSR count). The standard InChI is InChI=1S/C12H23NO4S/c1-9-3-5-10(6-4-9)17-12(14)11(13)7-8-18(2,15)16/h9-11H,3-8,13H2,1-2H3. The number of hydrogen-bond donors (Lipinski definition) is 1. The van der Waals surface area contributed by atoms with Gasteiger partial charge in [-0.1, -0.05) is 6.92 Å². The molecular formula is C12H23NO4S. The highest BCUT2D eigenvalue weighted by molar-refractivity contribution is 7.90. The highest BCUT2D eigenvalue weighted by Gasteiger charge is 2.24. The normalized spacial score (nSPS) is 26.6. The molecule has 2 N–H and O–H groups in total. The van der Waals surface area contributed by atoms with Crippen LogP contribution in [0.3, 0.4) is 0 Å². The molecule has 1 aliphatic rings. The molecule has 6 heteroatoms. The van der Waals surface area contributed by atoms with E-state index in [2.05, 4.69) is 6.92 Å². The minimum atomic E-state index is -3.08. The predicted molar refractivity (Wildman–Crippen MR) is 69.8 cm³/mol. The lowest BCUT2D eigenvalue weighted by Crippen LogP contribution is -2.37. The Labute approximate surface area is 109 Å². The maximum Gasteiger partial charge on any atom is 0.323 e. The van der Waals surface area contributed by atoms with E-state index >= 15 is 0 Å². The minimum absolute atomic E-state index is 0.0435. The van der Waals surface area contributed by atoms with Crippen molar-refractivity contribution in [2.24, 2.45) is 11.7 Å². The van der Waals surface area contributed by atoms with Crippen LogP contribution in [0.1, 0.15) is 39.0 Å². The van der Waals surface area contributed by atoms with E-state index in [1.54, 1.807) is 0 Å². The van der Waals surface area contributed by atoms with Crippen LogP contribution in [0.5, 0.6) is 0 Å². The quantitative estimate of drug-likeness (QED) is 0.753. The molecule has 1 aliphatic carbocycles. The zero-order valence-corrected chi connectivity index (χ0v) is 11.9. The van der Waals surface area contributed by atoms with Crippen molar-refractivity contribution in [3.8, 4) is 0 Å². The first-order valence-corrected chi connectivity index (χ1v) is 8.48. The maximum atomic E-state index is 11.7.